The molecular formula is C20H19F6N5O2. The van der Waals surface area contributed by atoms with Crippen molar-refractivity contribution >= 4 is 28.8 Å². The highest BCUT2D eigenvalue weighted by atomic mass is 19.4. The van der Waals surface area contributed by atoms with Gasteiger partial charge in [0, 0.05) is 32.4 Å². The summed E-state index contributed by atoms with van der Waals surface area (Å²) >= 11 is 0. The maximum Gasteiger partial charge on any atom is 0.490 e. The summed E-state index contributed by atoms with van der Waals surface area (Å²) in [6.07, 6.45) is -7.65. The number of aliphatic carboxylic acids is 1. The van der Waals surface area contributed by atoms with Crippen molar-refractivity contribution in [2.75, 3.05) is 36.0 Å². The van der Waals surface area contributed by atoms with Crippen LogP contribution in [-0.4, -0.2) is 58.4 Å². The molecule has 0 atom stereocenters. The zero-order valence-corrected chi connectivity index (χ0v) is 17.2. The van der Waals surface area contributed by atoms with Gasteiger partial charge in [-0.2, -0.15) is 26.3 Å². The molecular weight excluding hydrogens is 456 g/mol. The van der Waals surface area contributed by atoms with E-state index in [4.69, 9.17) is 9.90 Å². The van der Waals surface area contributed by atoms with Gasteiger partial charge >= 0.3 is 18.3 Å². The smallest absolute Gasteiger partial charge is 0.475 e. The number of carbonyl (C=O) groups is 1. The summed E-state index contributed by atoms with van der Waals surface area (Å²) < 4.78 is 70.3. The molecule has 0 amide bonds. The summed E-state index contributed by atoms with van der Waals surface area (Å²) in [7, 11) is 0. The lowest BCUT2D eigenvalue weighted by Crippen LogP contribution is -2.47. The summed E-state index contributed by atoms with van der Waals surface area (Å²) in [6, 6.07) is 7.53. The Morgan fingerprint density at radius 1 is 1.03 bits per heavy atom. The van der Waals surface area contributed by atoms with Gasteiger partial charge in [-0.15, -0.1) is 0 Å². The van der Waals surface area contributed by atoms with Crippen LogP contribution >= 0.6 is 0 Å². The normalized spacial score (nSPS) is 14.8. The Hall–Kier alpha value is -3.51. The van der Waals surface area contributed by atoms with Crippen molar-refractivity contribution in [3.63, 3.8) is 0 Å². The number of H-pyrrole nitrogens is 1. The number of fused-ring (bicyclic) bond motifs is 1. The third-order valence-electron chi connectivity index (χ3n) is 4.90. The molecule has 3 aromatic rings. The zero-order chi connectivity index (χ0) is 24.4. The molecule has 1 saturated heterocycles. The van der Waals surface area contributed by atoms with Crippen molar-refractivity contribution < 1.29 is 36.2 Å². The largest absolute Gasteiger partial charge is 0.490 e. The summed E-state index contributed by atoms with van der Waals surface area (Å²) in [6.45, 7) is 5.04. The average Bonchev–Trinajstić information content (AvgIpc) is 3.17. The first-order chi connectivity index (χ1) is 15.4. The first kappa shape index (κ1) is 24.1. The number of aryl methyl sites for hydroxylation is 1. The lowest BCUT2D eigenvalue weighted by molar-refractivity contribution is -0.192. The molecule has 0 saturated carbocycles. The van der Waals surface area contributed by atoms with Gasteiger partial charge in [0.05, 0.1) is 16.6 Å². The van der Waals surface area contributed by atoms with Crippen molar-refractivity contribution in [1.82, 2.24) is 15.0 Å². The molecule has 1 fully saturated rings. The second-order valence-corrected chi connectivity index (χ2v) is 7.21. The highest BCUT2D eigenvalue weighted by Crippen LogP contribution is 2.31. The predicted molar refractivity (Wildman–Crippen MR) is 108 cm³/mol. The summed E-state index contributed by atoms with van der Waals surface area (Å²) in [5, 5.41) is 7.12. The molecule has 7 nitrogen and oxygen atoms in total. The van der Waals surface area contributed by atoms with Crippen LogP contribution in [0.15, 0.2) is 36.5 Å². The Morgan fingerprint density at radius 2 is 1.64 bits per heavy atom. The number of hydrogen-bond acceptors (Lipinski definition) is 5. The minimum atomic E-state index is -5.08. The third kappa shape index (κ3) is 5.84. The summed E-state index contributed by atoms with van der Waals surface area (Å²) in [5.41, 5.74) is 1.40. The number of aromatic amines is 1. The molecule has 0 aliphatic carbocycles. The van der Waals surface area contributed by atoms with Crippen LogP contribution in [0.4, 0.5) is 38.1 Å². The number of benzene rings is 1. The lowest BCUT2D eigenvalue weighted by atomic mass is 10.2. The molecule has 0 radical (unpaired) electrons. The lowest BCUT2D eigenvalue weighted by Gasteiger charge is -2.35. The van der Waals surface area contributed by atoms with Crippen LogP contribution in [0.2, 0.25) is 0 Å². The number of aromatic nitrogens is 3. The highest BCUT2D eigenvalue weighted by Gasteiger charge is 2.38. The van der Waals surface area contributed by atoms with Crippen LogP contribution in [-0.2, 0) is 11.0 Å². The molecule has 1 aliphatic rings. The fraction of sp³-hybridized carbons (Fsp3) is 0.350. The monoisotopic (exact) mass is 475 g/mol. The predicted octanol–water partition coefficient (Wildman–Crippen LogP) is 4.25. The van der Waals surface area contributed by atoms with Gasteiger partial charge in [0.25, 0.3) is 0 Å². The van der Waals surface area contributed by atoms with E-state index in [0.717, 1.165) is 49.7 Å². The van der Waals surface area contributed by atoms with Crippen LogP contribution < -0.4 is 9.80 Å². The first-order valence-electron chi connectivity index (χ1n) is 9.65. The maximum absolute atomic E-state index is 12.9. The fourth-order valence-electron chi connectivity index (χ4n) is 3.26. The van der Waals surface area contributed by atoms with Gasteiger partial charge in [0.1, 0.15) is 5.82 Å². The number of piperazine rings is 1. The second kappa shape index (κ2) is 9.16. The van der Waals surface area contributed by atoms with Crippen molar-refractivity contribution in [2.24, 2.45) is 0 Å². The Balaban J connectivity index is 0.000000383. The van der Waals surface area contributed by atoms with E-state index in [9.17, 15) is 26.3 Å². The molecule has 178 valence electrons. The quantitative estimate of drug-likeness (QED) is 0.540. The fourth-order valence-corrected chi connectivity index (χ4v) is 3.26. The van der Waals surface area contributed by atoms with Crippen LogP contribution in [0.5, 0.6) is 0 Å². The minimum Gasteiger partial charge on any atom is -0.475 e. The SMILES string of the molecule is Cc1cccnc1N1CCN(c2nc3ccc(C(F)(F)F)cc3[nH]2)CC1.O=C(O)C(F)(F)F. The molecule has 3 heterocycles. The van der Waals surface area contributed by atoms with Gasteiger partial charge in [0.15, 0.2) is 0 Å². The number of hydrogen-bond donors (Lipinski definition) is 2. The molecule has 4 rings (SSSR count). The van der Waals surface area contributed by atoms with E-state index < -0.39 is 23.9 Å². The molecule has 2 N–H and O–H groups in total. The Kier molecular flexibility index (Phi) is 6.70. The van der Waals surface area contributed by atoms with Crippen LogP contribution in [0, 0.1) is 6.92 Å². The number of rotatable bonds is 2. The van der Waals surface area contributed by atoms with E-state index in [2.05, 4.69) is 24.8 Å². The molecule has 33 heavy (non-hydrogen) atoms. The van der Waals surface area contributed by atoms with Gasteiger partial charge in [0.2, 0.25) is 5.95 Å². The molecule has 0 spiro atoms. The number of imidazole rings is 1. The summed E-state index contributed by atoms with van der Waals surface area (Å²) in [5.74, 6) is -1.17. The topological polar surface area (TPSA) is 85.4 Å². The number of carboxylic acids is 1. The Bertz CT molecular complexity index is 1120. The van der Waals surface area contributed by atoms with Crippen molar-refractivity contribution in [3.8, 4) is 0 Å². The molecule has 0 unspecified atom stereocenters. The van der Waals surface area contributed by atoms with Gasteiger partial charge in [-0.3, -0.25) is 0 Å². The van der Waals surface area contributed by atoms with Crippen LogP contribution in [0.25, 0.3) is 11.0 Å². The average molecular weight is 475 g/mol. The summed E-state index contributed by atoms with van der Waals surface area (Å²) in [4.78, 5) is 25.1. The molecule has 1 aromatic carbocycles. The number of nitrogens with one attached hydrogen (secondary N) is 1. The number of pyridine rings is 1. The third-order valence-corrected chi connectivity index (χ3v) is 4.90. The van der Waals surface area contributed by atoms with E-state index in [1.807, 2.05) is 19.1 Å². The van der Waals surface area contributed by atoms with Gasteiger partial charge in [-0.05, 0) is 36.8 Å². The number of anilines is 2. The van der Waals surface area contributed by atoms with E-state index >= 15 is 0 Å². The van der Waals surface area contributed by atoms with Gasteiger partial charge in [-0.25, -0.2) is 14.8 Å². The maximum atomic E-state index is 12.9. The van der Waals surface area contributed by atoms with Crippen molar-refractivity contribution in [1.29, 1.82) is 0 Å². The zero-order valence-electron chi connectivity index (χ0n) is 17.2. The molecule has 1 aliphatic heterocycles. The molecule has 2 aromatic heterocycles. The number of alkyl halides is 6. The van der Waals surface area contributed by atoms with Gasteiger partial charge < -0.3 is 19.9 Å². The van der Waals surface area contributed by atoms with Crippen LogP contribution in [0.3, 0.4) is 0 Å². The van der Waals surface area contributed by atoms with Crippen molar-refractivity contribution in [2.45, 2.75) is 19.3 Å². The standard InChI is InChI=1S/C18H18F3N5.C2HF3O2/c1-12-3-2-6-22-16(12)25-7-9-26(10-8-25)17-23-14-5-4-13(18(19,20)21)11-15(14)24-17;3-2(4,5)1(6)7/h2-6,11H,7-10H2,1H3,(H,23,24);(H,6,7). The molecule has 0 bridgehead atoms. The number of carboxylic acid groups (broad SMARTS) is 1. The minimum absolute atomic E-state index is 0.401. The highest BCUT2D eigenvalue weighted by molar-refractivity contribution is 5.78. The number of halogens is 6. The van der Waals surface area contributed by atoms with E-state index in [1.54, 1.807) is 6.20 Å². The first-order valence-corrected chi connectivity index (χ1v) is 9.65. The van der Waals surface area contributed by atoms with E-state index in [0.29, 0.717) is 17.0 Å². The van der Waals surface area contributed by atoms with Crippen molar-refractivity contribution in [3.05, 3.63) is 47.7 Å². The Labute approximate surface area is 183 Å². The van der Waals surface area contributed by atoms with E-state index in [1.165, 1.54) is 6.07 Å². The van der Waals surface area contributed by atoms with Crippen LogP contribution in [0.1, 0.15) is 11.1 Å². The Morgan fingerprint density at radius 3 is 2.18 bits per heavy atom. The molecule has 13 heteroatoms. The van der Waals surface area contributed by atoms with E-state index in [-0.39, 0.29) is 0 Å². The van der Waals surface area contributed by atoms with Gasteiger partial charge in [-0.1, -0.05) is 6.07 Å². The second-order valence-electron chi connectivity index (χ2n) is 7.21. The number of nitrogens with zero attached hydrogens (tertiary/aromatic N) is 4.